The molecule has 4 rings (SSSR count). The van der Waals surface area contributed by atoms with E-state index >= 15 is 0 Å². The molecule has 0 bridgehead atoms. The Morgan fingerprint density at radius 1 is 1.04 bits per heavy atom. The maximum atomic E-state index is 13.5. The van der Waals surface area contributed by atoms with Gasteiger partial charge in [0.2, 0.25) is 0 Å². The van der Waals surface area contributed by atoms with E-state index in [4.69, 9.17) is 4.74 Å². The summed E-state index contributed by atoms with van der Waals surface area (Å²) >= 11 is 0. The van der Waals surface area contributed by atoms with Crippen LogP contribution in [0.1, 0.15) is 47.3 Å². The highest BCUT2D eigenvalue weighted by Crippen LogP contribution is 2.48. The van der Waals surface area contributed by atoms with Crippen molar-refractivity contribution < 1.29 is 9.53 Å². The monoisotopic (exact) mass is 376 g/mol. The minimum atomic E-state index is -0.0105. The molecule has 4 nitrogen and oxygen atoms in total. The largest absolute Gasteiger partial charge is 0.383 e. The van der Waals surface area contributed by atoms with Crippen molar-refractivity contribution in [2.24, 2.45) is 13.0 Å². The Morgan fingerprint density at radius 2 is 1.75 bits per heavy atom. The van der Waals surface area contributed by atoms with Gasteiger partial charge >= 0.3 is 0 Å². The topological polar surface area (TPSA) is 34.5 Å². The number of para-hydroxylation sites is 1. The van der Waals surface area contributed by atoms with Gasteiger partial charge in [-0.15, -0.1) is 0 Å². The first-order valence-electron chi connectivity index (χ1n) is 9.97. The van der Waals surface area contributed by atoms with Crippen LogP contribution in [0.5, 0.6) is 0 Å². The summed E-state index contributed by atoms with van der Waals surface area (Å²) in [6.07, 6.45) is 2.20. The highest BCUT2D eigenvalue weighted by Gasteiger charge is 2.42. The number of amides is 1. The summed E-state index contributed by atoms with van der Waals surface area (Å²) in [5.41, 5.74) is 4.40. The number of hydrogen-bond donors (Lipinski definition) is 0. The van der Waals surface area contributed by atoms with Gasteiger partial charge in [0.1, 0.15) is 0 Å². The highest BCUT2D eigenvalue weighted by atomic mass is 16.5. The molecule has 0 N–H and O–H groups in total. The lowest BCUT2D eigenvalue weighted by atomic mass is 9.74. The van der Waals surface area contributed by atoms with Crippen LogP contribution in [-0.2, 0) is 11.8 Å². The lowest BCUT2D eigenvalue weighted by Crippen LogP contribution is -2.45. The third-order valence-electron chi connectivity index (χ3n) is 5.99. The first kappa shape index (κ1) is 18.8. The van der Waals surface area contributed by atoms with E-state index in [1.807, 2.05) is 23.1 Å². The average Bonchev–Trinajstić information content (AvgIpc) is 3.03. The molecule has 0 radical (unpaired) electrons. The van der Waals surface area contributed by atoms with Crippen LogP contribution in [0.4, 0.5) is 0 Å². The van der Waals surface area contributed by atoms with Crippen LogP contribution >= 0.6 is 0 Å². The summed E-state index contributed by atoms with van der Waals surface area (Å²) in [7, 11) is 3.77. The quantitative estimate of drug-likeness (QED) is 0.643. The predicted molar refractivity (Wildman–Crippen MR) is 113 cm³/mol. The van der Waals surface area contributed by atoms with Crippen molar-refractivity contribution in [3.63, 3.8) is 0 Å². The SMILES string of the molecule is COCCN1C(=O)c2ccccc2C(C(C)C)C1c1cn(C)c2ccccc12. The number of hydrogen-bond acceptors (Lipinski definition) is 2. The summed E-state index contributed by atoms with van der Waals surface area (Å²) < 4.78 is 7.52. The normalized spacial score (nSPS) is 19.5. The summed E-state index contributed by atoms with van der Waals surface area (Å²) in [4.78, 5) is 15.5. The van der Waals surface area contributed by atoms with Crippen molar-refractivity contribution in [3.8, 4) is 0 Å². The predicted octanol–water partition coefficient (Wildman–Crippen LogP) is 4.76. The molecule has 2 atom stereocenters. The minimum Gasteiger partial charge on any atom is -0.383 e. The Morgan fingerprint density at radius 3 is 2.50 bits per heavy atom. The van der Waals surface area contributed by atoms with E-state index in [-0.39, 0.29) is 17.9 Å². The third kappa shape index (κ3) is 2.92. The van der Waals surface area contributed by atoms with Gasteiger partial charge in [0, 0.05) is 54.8 Å². The Kier molecular flexibility index (Phi) is 4.98. The van der Waals surface area contributed by atoms with Crippen LogP contribution < -0.4 is 0 Å². The van der Waals surface area contributed by atoms with Crippen LogP contribution in [-0.4, -0.2) is 35.6 Å². The second-order valence-electron chi connectivity index (χ2n) is 8.01. The number of aromatic nitrogens is 1. The maximum absolute atomic E-state index is 13.5. The number of benzene rings is 2. The summed E-state index contributed by atoms with van der Waals surface area (Å²) in [6, 6.07) is 16.5. The fraction of sp³-hybridized carbons (Fsp3) is 0.375. The molecule has 2 aromatic carbocycles. The Hall–Kier alpha value is -2.59. The van der Waals surface area contributed by atoms with E-state index in [2.05, 4.69) is 62.0 Å². The smallest absolute Gasteiger partial charge is 0.254 e. The van der Waals surface area contributed by atoms with Crippen molar-refractivity contribution in [3.05, 3.63) is 71.4 Å². The molecule has 2 heterocycles. The molecular formula is C24H28N2O2. The Bertz CT molecular complexity index is 1000. The number of rotatable bonds is 5. The van der Waals surface area contributed by atoms with E-state index in [1.54, 1.807) is 7.11 Å². The zero-order chi connectivity index (χ0) is 19.8. The van der Waals surface area contributed by atoms with Crippen LogP contribution in [0.2, 0.25) is 0 Å². The van der Waals surface area contributed by atoms with Crippen molar-refractivity contribution in [2.45, 2.75) is 25.8 Å². The average molecular weight is 377 g/mol. The molecule has 0 saturated heterocycles. The van der Waals surface area contributed by atoms with Crippen LogP contribution in [0.25, 0.3) is 10.9 Å². The molecule has 2 unspecified atom stereocenters. The van der Waals surface area contributed by atoms with Crippen LogP contribution in [0.15, 0.2) is 54.7 Å². The van der Waals surface area contributed by atoms with Gasteiger partial charge in [0.25, 0.3) is 5.91 Å². The number of aryl methyl sites for hydroxylation is 1. The van der Waals surface area contributed by atoms with E-state index < -0.39 is 0 Å². The molecule has 0 fully saturated rings. The minimum absolute atomic E-state index is 0.0105. The van der Waals surface area contributed by atoms with Gasteiger partial charge in [-0.05, 0) is 23.6 Å². The lowest BCUT2D eigenvalue weighted by molar-refractivity contribution is 0.0494. The molecule has 1 aromatic heterocycles. The van der Waals surface area contributed by atoms with E-state index in [9.17, 15) is 4.79 Å². The molecule has 4 heteroatoms. The molecule has 1 aliphatic heterocycles. The third-order valence-corrected chi connectivity index (χ3v) is 5.99. The van der Waals surface area contributed by atoms with Gasteiger partial charge < -0.3 is 14.2 Å². The Balaban J connectivity index is 1.95. The van der Waals surface area contributed by atoms with Crippen molar-refractivity contribution in [2.75, 3.05) is 20.3 Å². The zero-order valence-electron chi connectivity index (χ0n) is 17.1. The molecule has 3 aromatic rings. The summed E-state index contributed by atoms with van der Waals surface area (Å²) in [6.45, 7) is 5.62. The first-order chi connectivity index (χ1) is 13.5. The number of ether oxygens (including phenoxy) is 1. The second kappa shape index (κ2) is 7.44. The summed E-state index contributed by atoms with van der Waals surface area (Å²) in [5, 5.41) is 1.22. The van der Waals surface area contributed by atoms with E-state index in [1.165, 1.54) is 16.5 Å². The number of nitrogens with zero attached hydrogens (tertiary/aromatic N) is 2. The molecule has 0 spiro atoms. The van der Waals surface area contributed by atoms with Crippen LogP contribution in [0.3, 0.4) is 0 Å². The molecule has 0 aliphatic carbocycles. The molecular weight excluding hydrogens is 348 g/mol. The van der Waals surface area contributed by atoms with E-state index in [0.717, 1.165) is 11.1 Å². The number of fused-ring (bicyclic) bond motifs is 2. The molecule has 28 heavy (non-hydrogen) atoms. The zero-order valence-corrected chi connectivity index (χ0v) is 17.1. The van der Waals surface area contributed by atoms with Gasteiger partial charge in [-0.3, -0.25) is 4.79 Å². The fourth-order valence-electron chi connectivity index (χ4n) is 4.75. The number of carbonyl (C=O) groups excluding carboxylic acids is 1. The highest BCUT2D eigenvalue weighted by molar-refractivity contribution is 5.98. The summed E-state index contributed by atoms with van der Waals surface area (Å²) in [5.74, 6) is 0.724. The molecule has 146 valence electrons. The van der Waals surface area contributed by atoms with E-state index in [0.29, 0.717) is 19.1 Å². The van der Waals surface area contributed by atoms with Gasteiger partial charge in [0.05, 0.1) is 12.6 Å². The Labute approximate surface area is 166 Å². The van der Waals surface area contributed by atoms with Crippen LogP contribution in [0, 0.1) is 5.92 Å². The molecule has 0 saturated carbocycles. The first-order valence-corrected chi connectivity index (χ1v) is 9.97. The standard InChI is InChI=1S/C24H28N2O2/c1-16(2)22-18-10-5-6-11-19(18)24(27)26(13-14-28-4)23(22)20-15-25(3)21-12-8-7-9-17(20)21/h5-12,15-16,22-23H,13-14H2,1-4H3. The second-order valence-corrected chi connectivity index (χ2v) is 8.01. The van der Waals surface area contributed by atoms with Crippen molar-refractivity contribution >= 4 is 16.8 Å². The lowest BCUT2D eigenvalue weighted by Gasteiger charge is -2.44. The van der Waals surface area contributed by atoms with Gasteiger partial charge in [-0.2, -0.15) is 0 Å². The maximum Gasteiger partial charge on any atom is 0.254 e. The molecule has 1 aliphatic rings. The molecule has 1 amide bonds. The van der Waals surface area contributed by atoms with Gasteiger partial charge in [0.15, 0.2) is 0 Å². The van der Waals surface area contributed by atoms with Gasteiger partial charge in [-0.1, -0.05) is 50.2 Å². The van der Waals surface area contributed by atoms with Crippen molar-refractivity contribution in [1.29, 1.82) is 0 Å². The van der Waals surface area contributed by atoms with Crippen molar-refractivity contribution in [1.82, 2.24) is 9.47 Å². The van der Waals surface area contributed by atoms with Gasteiger partial charge in [-0.25, -0.2) is 0 Å². The number of carbonyl (C=O) groups is 1. The number of methoxy groups -OCH3 is 1. The fourth-order valence-corrected chi connectivity index (χ4v) is 4.75.